The Labute approximate surface area is 106 Å². The molecule has 0 fully saturated rings. The number of nitrogens with one attached hydrogen (secondary N) is 1. The van der Waals surface area contributed by atoms with E-state index in [2.05, 4.69) is 10.4 Å². The highest BCUT2D eigenvalue weighted by Gasteiger charge is 2.05. The third-order valence-electron chi connectivity index (χ3n) is 2.83. The van der Waals surface area contributed by atoms with Crippen molar-refractivity contribution >= 4 is 11.6 Å². The Balaban J connectivity index is 2.23. The lowest BCUT2D eigenvalue weighted by molar-refractivity contribution is -0.121. The normalized spacial score (nSPS) is 10.3. The second-order valence-corrected chi connectivity index (χ2v) is 4.17. The first-order valence-electron chi connectivity index (χ1n) is 5.69. The van der Waals surface area contributed by atoms with Gasteiger partial charge >= 0.3 is 0 Å². The predicted molar refractivity (Wildman–Crippen MR) is 70.9 cm³/mol. The molecule has 2 rings (SSSR count). The van der Waals surface area contributed by atoms with Crippen molar-refractivity contribution in [3.63, 3.8) is 0 Å². The minimum atomic E-state index is -0.0759. The maximum Gasteiger partial charge on any atom is 0.241 e. The van der Waals surface area contributed by atoms with Crippen molar-refractivity contribution < 1.29 is 4.79 Å². The molecule has 0 radical (unpaired) electrons. The van der Waals surface area contributed by atoms with Crippen molar-refractivity contribution in [3.8, 4) is 11.1 Å². The second-order valence-electron chi connectivity index (χ2n) is 4.17. The molecule has 5 heteroatoms. The summed E-state index contributed by atoms with van der Waals surface area (Å²) in [5.74, 6) is -0.0759. The number of benzene rings is 1. The molecule has 1 aromatic carbocycles. The maximum atomic E-state index is 11.2. The number of aromatic nitrogens is 2. The predicted octanol–water partition coefficient (Wildman–Crippen LogP) is 1.19. The van der Waals surface area contributed by atoms with E-state index >= 15 is 0 Å². The molecule has 2 aromatic rings. The highest BCUT2D eigenvalue weighted by Crippen LogP contribution is 2.23. The molecule has 0 unspecified atom stereocenters. The van der Waals surface area contributed by atoms with Gasteiger partial charge < -0.3 is 11.1 Å². The third kappa shape index (κ3) is 2.51. The smallest absolute Gasteiger partial charge is 0.241 e. The number of aryl methyl sites for hydroxylation is 1. The Kier molecular flexibility index (Phi) is 3.32. The van der Waals surface area contributed by atoms with Gasteiger partial charge in [-0.05, 0) is 24.1 Å². The summed E-state index contributed by atoms with van der Waals surface area (Å²) in [5, 5.41) is 6.71. The van der Waals surface area contributed by atoms with Gasteiger partial charge in [-0.2, -0.15) is 5.10 Å². The molecule has 18 heavy (non-hydrogen) atoms. The van der Waals surface area contributed by atoms with Crippen molar-refractivity contribution in [2.75, 3.05) is 12.8 Å². The molecular weight excluding hydrogens is 228 g/mol. The molecule has 0 saturated carbocycles. The number of amides is 1. The minimum Gasteiger partial charge on any atom is -0.398 e. The largest absolute Gasteiger partial charge is 0.398 e. The average Bonchev–Trinajstić information content (AvgIpc) is 2.81. The van der Waals surface area contributed by atoms with Gasteiger partial charge in [0.25, 0.3) is 0 Å². The van der Waals surface area contributed by atoms with E-state index in [0.717, 1.165) is 22.4 Å². The summed E-state index contributed by atoms with van der Waals surface area (Å²) in [6.07, 6.45) is 3.56. The van der Waals surface area contributed by atoms with Gasteiger partial charge in [0.05, 0.1) is 6.20 Å². The summed E-state index contributed by atoms with van der Waals surface area (Å²) < 4.78 is 1.60. The molecule has 0 aliphatic rings. The van der Waals surface area contributed by atoms with E-state index in [1.165, 1.54) is 0 Å². The van der Waals surface area contributed by atoms with Crippen LogP contribution in [0.4, 0.5) is 5.69 Å². The van der Waals surface area contributed by atoms with E-state index in [1.807, 2.05) is 31.3 Å². The van der Waals surface area contributed by atoms with Crippen molar-refractivity contribution in [1.82, 2.24) is 15.1 Å². The first-order chi connectivity index (χ1) is 8.60. The standard InChI is InChI=1S/C13H16N4O/c1-9-3-4-10(5-12(9)14)11-6-16-17(7-11)8-13(18)15-2/h3-7H,8,14H2,1-2H3,(H,15,18). The number of anilines is 1. The lowest BCUT2D eigenvalue weighted by Crippen LogP contribution is -2.23. The Morgan fingerprint density at radius 2 is 2.22 bits per heavy atom. The molecule has 5 nitrogen and oxygen atoms in total. The molecule has 94 valence electrons. The fourth-order valence-corrected chi connectivity index (χ4v) is 1.65. The molecule has 0 spiro atoms. The maximum absolute atomic E-state index is 11.2. The molecule has 0 bridgehead atoms. The van der Waals surface area contributed by atoms with Crippen LogP contribution in [0.15, 0.2) is 30.6 Å². The summed E-state index contributed by atoms with van der Waals surface area (Å²) in [6.45, 7) is 2.19. The van der Waals surface area contributed by atoms with E-state index < -0.39 is 0 Å². The zero-order chi connectivity index (χ0) is 13.1. The van der Waals surface area contributed by atoms with Gasteiger partial charge in [0.1, 0.15) is 6.54 Å². The van der Waals surface area contributed by atoms with Gasteiger partial charge in [0, 0.05) is 24.5 Å². The van der Waals surface area contributed by atoms with E-state index in [0.29, 0.717) is 0 Å². The Morgan fingerprint density at radius 3 is 2.89 bits per heavy atom. The number of nitrogens with two attached hydrogens (primary N) is 1. The van der Waals surface area contributed by atoms with Crippen molar-refractivity contribution in [1.29, 1.82) is 0 Å². The fourth-order valence-electron chi connectivity index (χ4n) is 1.65. The van der Waals surface area contributed by atoms with Crippen LogP contribution in [-0.4, -0.2) is 22.7 Å². The summed E-state index contributed by atoms with van der Waals surface area (Å²) in [5.41, 5.74) is 9.63. The molecule has 0 aliphatic heterocycles. The van der Waals surface area contributed by atoms with Gasteiger partial charge in [-0.15, -0.1) is 0 Å². The van der Waals surface area contributed by atoms with Crippen LogP contribution < -0.4 is 11.1 Å². The van der Waals surface area contributed by atoms with Crippen LogP contribution in [0.1, 0.15) is 5.56 Å². The number of hydrogen-bond donors (Lipinski definition) is 2. The third-order valence-corrected chi connectivity index (χ3v) is 2.83. The van der Waals surface area contributed by atoms with Crippen molar-refractivity contribution in [3.05, 3.63) is 36.2 Å². The van der Waals surface area contributed by atoms with E-state index in [4.69, 9.17) is 5.73 Å². The molecule has 1 heterocycles. The van der Waals surface area contributed by atoms with Crippen molar-refractivity contribution in [2.45, 2.75) is 13.5 Å². The van der Waals surface area contributed by atoms with Gasteiger partial charge in [0.15, 0.2) is 0 Å². The quantitative estimate of drug-likeness (QED) is 0.796. The van der Waals surface area contributed by atoms with Crippen LogP contribution in [0.25, 0.3) is 11.1 Å². The topological polar surface area (TPSA) is 72.9 Å². The number of nitrogens with zero attached hydrogens (tertiary/aromatic N) is 2. The Bertz CT molecular complexity index is 574. The monoisotopic (exact) mass is 244 g/mol. The summed E-state index contributed by atoms with van der Waals surface area (Å²) in [7, 11) is 1.60. The molecule has 0 aliphatic carbocycles. The number of likely N-dealkylation sites (N-methyl/N-ethyl adjacent to an activating group) is 1. The van der Waals surface area contributed by atoms with Crippen LogP contribution >= 0.6 is 0 Å². The lowest BCUT2D eigenvalue weighted by atomic mass is 10.1. The number of carbonyl (C=O) groups is 1. The summed E-state index contributed by atoms with van der Waals surface area (Å²) in [4.78, 5) is 11.2. The van der Waals surface area contributed by atoms with Crippen LogP contribution in [0.2, 0.25) is 0 Å². The minimum absolute atomic E-state index is 0.0759. The van der Waals surface area contributed by atoms with E-state index in [-0.39, 0.29) is 12.5 Å². The second kappa shape index (κ2) is 4.91. The Hall–Kier alpha value is -2.30. The van der Waals surface area contributed by atoms with Gasteiger partial charge in [0.2, 0.25) is 5.91 Å². The van der Waals surface area contributed by atoms with E-state index in [9.17, 15) is 4.79 Å². The van der Waals surface area contributed by atoms with Gasteiger partial charge in [-0.3, -0.25) is 9.48 Å². The van der Waals surface area contributed by atoms with Gasteiger partial charge in [-0.1, -0.05) is 12.1 Å². The van der Waals surface area contributed by atoms with Crippen molar-refractivity contribution in [2.24, 2.45) is 0 Å². The Morgan fingerprint density at radius 1 is 1.44 bits per heavy atom. The first kappa shape index (κ1) is 12.2. The number of nitrogen functional groups attached to an aromatic ring is 1. The molecule has 0 atom stereocenters. The summed E-state index contributed by atoms with van der Waals surface area (Å²) in [6, 6.07) is 5.88. The zero-order valence-corrected chi connectivity index (χ0v) is 10.5. The molecule has 3 N–H and O–H groups in total. The SMILES string of the molecule is CNC(=O)Cn1cc(-c2ccc(C)c(N)c2)cn1. The van der Waals surface area contributed by atoms with Crippen LogP contribution in [0.3, 0.4) is 0 Å². The highest BCUT2D eigenvalue weighted by atomic mass is 16.1. The molecular formula is C13H16N4O. The van der Waals surface area contributed by atoms with Crippen LogP contribution in [0.5, 0.6) is 0 Å². The van der Waals surface area contributed by atoms with Crippen LogP contribution in [0, 0.1) is 6.92 Å². The lowest BCUT2D eigenvalue weighted by Gasteiger charge is -2.02. The molecule has 0 saturated heterocycles. The number of hydrogen-bond acceptors (Lipinski definition) is 3. The summed E-state index contributed by atoms with van der Waals surface area (Å²) >= 11 is 0. The zero-order valence-electron chi connectivity index (χ0n) is 10.5. The van der Waals surface area contributed by atoms with E-state index in [1.54, 1.807) is 17.9 Å². The number of rotatable bonds is 3. The average molecular weight is 244 g/mol. The van der Waals surface area contributed by atoms with Gasteiger partial charge in [-0.25, -0.2) is 0 Å². The molecule has 1 aromatic heterocycles. The fraction of sp³-hybridized carbons (Fsp3) is 0.231. The van der Waals surface area contributed by atoms with Crippen LogP contribution in [-0.2, 0) is 11.3 Å². The first-order valence-corrected chi connectivity index (χ1v) is 5.69. The highest BCUT2D eigenvalue weighted by molar-refractivity contribution is 5.75. The number of carbonyl (C=O) groups excluding carboxylic acids is 1. The molecule has 1 amide bonds.